The highest BCUT2D eigenvalue weighted by Gasteiger charge is 2.35. The summed E-state index contributed by atoms with van der Waals surface area (Å²) in [5.74, 6) is -1.14. The molecule has 1 atom stereocenters. The molecule has 0 bridgehead atoms. The van der Waals surface area contributed by atoms with Gasteiger partial charge in [0.25, 0.3) is 5.89 Å². The van der Waals surface area contributed by atoms with E-state index in [1.54, 1.807) is 0 Å². The minimum Gasteiger partial charge on any atom is -0.334 e. The number of carbonyl (C=O) groups is 1. The lowest BCUT2D eigenvalue weighted by Gasteiger charge is -2.16. The van der Waals surface area contributed by atoms with Gasteiger partial charge in [0.2, 0.25) is 5.91 Å². The van der Waals surface area contributed by atoms with Crippen LogP contribution in [0.25, 0.3) is 11.5 Å². The highest BCUT2D eigenvalue weighted by Crippen LogP contribution is 2.33. The lowest BCUT2D eigenvalue weighted by molar-refractivity contribution is -0.117. The number of nitrogens with zero attached hydrogens (tertiary/aromatic N) is 3. The van der Waals surface area contributed by atoms with Gasteiger partial charge in [-0.05, 0) is 24.3 Å². The van der Waals surface area contributed by atoms with Gasteiger partial charge in [-0.2, -0.15) is 4.98 Å². The van der Waals surface area contributed by atoms with Crippen LogP contribution in [0.3, 0.4) is 0 Å². The van der Waals surface area contributed by atoms with Crippen molar-refractivity contribution >= 4 is 11.6 Å². The summed E-state index contributed by atoms with van der Waals surface area (Å²) in [6.45, 7) is 0.174. The predicted molar refractivity (Wildman–Crippen MR) is 85.8 cm³/mol. The monoisotopic (exact) mass is 341 g/mol. The van der Waals surface area contributed by atoms with Crippen molar-refractivity contribution in [2.75, 3.05) is 11.4 Å². The first-order valence-electron chi connectivity index (χ1n) is 7.76. The van der Waals surface area contributed by atoms with E-state index in [9.17, 15) is 13.6 Å². The largest absolute Gasteiger partial charge is 0.334 e. The molecule has 25 heavy (non-hydrogen) atoms. The average molecular weight is 341 g/mol. The molecule has 2 aromatic carbocycles. The molecule has 2 heterocycles. The Hall–Kier alpha value is -3.09. The van der Waals surface area contributed by atoms with Gasteiger partial charge in [0, 0.05) is 30.5 Å². The second-order valence-corrected chi connectivity index (χ2v) is 5.82. The molecule has 0 saturated carbocycles. The van der Waals surface area contributed by atoms with E-state index < -0.39 is 11.6 Å². The highest BCUT2D eigenvalue weighted by molar-refractivity contribution is 5.96. The molecular formula is C18H13F2N3O2. The zero-order valence-electron chi connectivity index (χ0n) is 13.0. The lowest BCUT2D eigenvalue weighted by Crippen LogP contribution is -2.25. The van der Waals surface area contributed by atoms with Gasteiger partial charge in [0.15, 0.2) is 5.82 Å². The zero-order chi connectivity index (χ0) is 17.4. The van der Waals surface area contributed by atoms with E-state index >= 15 is 0 Å². The molecule has 0 spiro atoms. The first kappa shape index (κ1) is 15.4. The van der Waals surface area contributed by atoms with Crippen LogP contribution in [0.1, 0.15) is 18.2 Å². The normalized spacial score (nSPS) is 17.3. The molecule has 1 aliphatic rings. The van der Waals surface area contributed by atoms with Gasteiger partial charge in [-0.3, -0.25) is 4.79 Å². The summed E-state index contributed by atoms with van der Waals surface area (Å²) in [6.07, 6.45) is 0.115. The van der Waals surface area contributed by atoms with Crippen molar-refractivity contribution in [3.05, 3.63) is 66.0 Å². The fraction of sp³-hybridized carbons (Fsp3) is 0.167. The molecule has 1 fully saturated rings. The van der Waals surface area contributed by atoms with E-state index in [-0.39, 0.29) is 30.5 Å². The van der Waals surface area contributed by atoms with Crippen molar-refractivity contribution in [2.24, 2.45) is 0 Å². The van der Waals surface area contributed by atoms with Crippen LogP contribution in [0, 0.1) is 11.6 Å². The van der Waals surface area contributed by atoms with E-state index in [2.05, 4.69) is 10.1 Å². The van der Waals surface area contributed by atoms with Crippen LogP contribution < -0.4 is 4.90 Å². The zero-order valence-corrected chi connectivity index (χ0v) is 13.0. The Morgan fingerprint density at radius 1 is 1.12 bits per heavy atom. The molecule has 0 radical (unpaired) electrons. The molecule has 4 rings (SSSR count). The van der Waals surface area contributed by atoms with Crippen molar-refractivity contribution in [2.45, 2.75) is 12.3 Å². The van der Waals surface area contributed by atoms with Crippen molar-refractivity contribution < 1.29 is 18.1 Å². The maximum absolute atomic E-state index is 13.9. The van der Waals surface area contributed by atoms with E-state index in [1.807, 2.05) is 30.3 Å². The number of benzene rings is 2. The van der Waals surface area contributed by atoms with E-state index in [0.29, 0.717) is 11.7 Å². The van der Waals surface area contributed by atoms with Crippen molar-refractivity contribution in [1.82, 2.24) is 10.1 Å². The number of hydrogen-bond donors (Lipinski definition) is 0. The fourth-order valence-electron chi connectivity index (χ4n) is 2.90. The Labute approximate surface area is 141 Å². The molecule has 1 amide bonds. The maximum atomic E-state index is 13.9. The smallest absolute Gasteiger partial charge is 0.257 e. The summed E-state index contributed by atoms with van der Waals surface area (Å²) < 4.78 is 32.6. The van der Waals surface area contributed by atoms with Crippen molar-refractivity contribution in [3.8, 4) is 11.5 Å². The Bertz CT molecular complexity index is 927. The number of rotatable bonds is 3. The Morgan fingerprint density at radius 3 is 2.72 bits per heavy atom. The predicted octanol–water partition coefficient (Wildman–Crippen LogP) is 3.54. The molecule has 1 aromatic heterocycles. The molecule has 3 aromatic rings. The first-order chi connectivity index (χ1) is 12.1. The van der Waals surface area contributed by atoms with Crippen LogP contribution in [0.15, 0.2) is 53.1 Å². The Balaban J connectivity index is 1.59. The van der Waals surface area contributed by atoms with E-state index in [1.165, 1.54) is 4.90 Å². The van der Waals surface area contributed by atoms with Gasteiger partial charge in [0.05, 0.1) is 5.69 Å². The third kappa shape index (κ3) is 2.88. The number of amides is 1. The minimum atomic E-state index is -0.645. The summed E-state index contributed by atoms with van der Waals surface area (Å²) in [5, 5.41) is 3.94. The summed E-state index contributed by atoms with van der Waals surface area (Å²) in [7, 11) is 0. The van der Waals surface area contributed by atoms with Crippen LogP contribution in [0.2, 0.25) is 0 Å². The number of halogens is 2. The first-order valence-corrected chi connectivity index (χ1v) is 7.76. The SMILES string of the molecule is O=C1CC(c2noc(-c3ccccc3)n2)CN1c1cc(F)ccc1F. The standard InChI is InChI=1S/C18H13F2N3O2/c19-13-6-7-14(20)15(9-13)23-10-12(8-16(23)24)17-21-18(25-22-17)11-4-2-1-3-5-11/h1-7,9,12H,8,10H2. The molecule has 0 N–H and O–H groups in total. The van der Waals surface area contributed by atoms with Crippen molar-refractivity contribution in [1.29, 1.82) is 0 Å². The minimum absolute atomic E-state index is 0.0701. The molecule has 1 aliphatic heterocycles. The van der Waals surface area contributed by atoms with Gasteiger partial charge in [-0.1, -0.05) is 23.4 Å². The third-order valence-corrected chi connectivity index (χ3v) is 4.15. The third-order valence-electron chi connectivity index (χ3n) is 4.15. The second kappa shape index (κ2) is 6.08. The van der Waals surface area contributed by atoms with Crippen molar-refractivity contribution in [3.63, 3.8) is 0 Å². The highest BCUT2D eigenvalue weighted by atomic mass is 19.1. The molecule has 126 valence electrons. The molecule has 1 unspecified atom stereocenters. The molecule has 0 aliphatic carbocycles. The van der Waals surface area contributed by atoms with E-state index in [4.69, 9.17) is 4.52 Å². The lowest BCUT2D eigenvalue weighted by atomic mass is 10.1. The van der Waals surface area contributed by atoms with Crippen LogP contribution in [-0.2, 0) is 4.79 Å². The maximum Gasteiger partial charge on any atom is 0.257 e. The number of carbonyl (C=O) groups excluding carboxylic acids is 1. The topological polar surface area (TPSA) is 59.2 Å². The fourth-order valence-corrected chi connectivity index (χ4v) is 2.90. The Morgan fingerprint density at radius 2 is 1.92 bits per heavy atom. The number of anilines is 1. The van der Waals surface area contributed by atoms with Crippen LogP contribution in [0.5, 0.6) is 0 Å². The second-order valence-electron chi connectivity index (χ2n) is 5.82. The van der Waals surface area contributed by atoms with Crippen LogP contribution in [0.4, 0.5) is 14.5 Å². The Kier molecular flexibility index (Phi) is 3.76. The molecular weight excluding hydrogens is 328 g/mol. The van der Waals surface area contributed by atoms with E-state index in [0.717, 1.165) is 23.8 Å². The number of hydrogen-bond acceptors (Lipinski definition) is 4. The van der Waals surface area contributed by atoms with Gasteiger partial charge >= 0.3 is 0 Å². The summed E-state index contributed by atoms with van der Waals surface area (Å²) in [4.78, 5) is 17.8. The molecule has 1 saturated heterocycles. The van der Waals surface area contributed by atoms with Crippen LogP contribution >= 0.6 is 0 Å². The quantitative estimate of drug-likeness (QED) is 0.731. The summed E-state index contributed by atoms with van der Waals surface area (Å²) in [6, 6.07) is 12.3. The molecule has 7 heteroatoms. The number of aromatic nitrogens is 2. The van der Waals surface area contributed by atoms with Gasteiger partial charge in [-0.25, -0.2) is 8.78 Å². The molecule has 5 nitrogen and oxygen atoms in total. The van der Waals surface area contributed by atoms with Gasteiger partial charge < -0.3 is 9.42 Å². The summed E-state index contributed by atoms with van der Waals surface area (Å²) in [5.41, 5.74) is 0.706. The van der Waals surface area contributed by atoms with Crippen LogP contribution in [-0.4, -0.2) is 22.6 Å². The average Bonchev–Trinajstić information content (AvgIpc) is 3.25. The van der Waals surface area contributed by atoms with Gasteiger partial charge in [-0.15, -0.1) is 0 Å². The summed E-state index contributed by atoms with van der Waals surface area (Å²) >= 11 is 0. The van der Waals surface area contributed by atoms with Gasteiger partial charge in [0.1, 0.15) is 11.6 Å².